The highest BCUT2D eigenvalue weighted by Gasteiger charge is 2.11. The van der Waals surface area contributed by atoms with E-state index in [1.807, 2.05) is 6.07 Å². The number of benzene rings is 1. The molecule has 2 nitrogen and oxygen atoms in total. The van der Waals surface area contributed by atoms with Gasteiger partial charge in [0.05, 0.1) is 7.11 Å². The molecule has 0 amide bonds. The van der Waals surface area contributed by atoms with Gasteiger partial charge < -0.3 is 9.84 Å². The molecule has 1 unspecified atom stereocenters. The molecule has 0 saturated carbocycles. The van der Waals surface area contributed by atoms with Crippen LogP contribution in [0.2, 0.25) is 0 Å². The highest BCUT2D eigenvalue weighted by atomic mass is 16.5. The molecule has 2 heteroatoms. The van der Waals surface area contributed by atoms with Crippen molar-refractivity contribution in [1.29, 1.82) is 0 Å². The molecule has 0 aliphatic rings. The maximum Gasteiger partial charge on any atom is 0.121 e. The molecule has 1 aromatic carbocycles. The molecule has 1 aromatic rings. The highest BCUT2D eigenvalue weighted by Crippen LogP contribution is 2.28. The zero-order valence-electron chi connectivity index (χ0n) is 10.5. The number of aryl methyl sites for hydroxylation is 1. The maximum atomic E-state index is 9.07. The van der Waals surface area contributed by atoms with Crippen LogP contribution in [0.25, 0.3) is 0 Å². The van der Waals surface area contributed by atoms with Gasteiger partial charge in [0.2, 0.25) is 0 Å². The summed E-state index contributed by atoms with van der Waals surface area (Å²) >= 11 is 0. The smallest absolute Gasteiger partial charge is 0.121 e. The summed E-state index contributed by atoms with van der Waals surface area (Å²) in [6, 6.07) is 6.31. The van der Waals surface area contributed by atoms with E-state index in [0.29, 0.717) is 5.92 Å². The summed E-state index contributed by atoms with van der Waals surface area (Å²) in [6.45, 7) is 4.50. The van der Waals surface area contributed by atoms with Crippen molar-refractivity contribution in [2.75, 3.05) is 13.7 Å². The molecule has 0 saturated heterocycles. The Morgan fingerprint density at radius 3 is 2.56 bits per heavy atom. The molecule has 16 heavy (non-hydrogen) atoms. The number of aliphatic hydroxyl groups is 1. The van der Waals surface area contributed by atoms with Crippen molar-refractivity contribution in [1.82, 2.24) is 0 Å². The first-order chi connectivity index (χ1) is 7.72. The van der Waals surface area contributed by atoms with Crippen molar-refractivity contribution < 1.29 is 9.84 Å². The second kappa shape index (κ2) is 6.54. The standard InChI is InChI=1S/C14H22O2/c1-4-5-12(8-9-15)13-6-7-14(16-3)11(2)10-13/h6-7,10,12,15H,4-5,8-9H2,1-3H3. The summed E-state index contributed by atoms with van der Waals surface area (Å²) in [5.74, 6) is 1.41. The molecular formula is C14H22O2. The molecule has 0 aliphatic carbocycles. The van der Waals surface area contributed by atoms with E-state index in [2.05, 4.69) is 26.0 Å². The van der Waals surface area contributed by atoms with Gasteiger partial charge in [0.15, 0.2) is 0 Å². The SMILES string of the molecule is CCCC(CCO)c1ccc(OC)c(C)c1. The highest BCUT2D eigenvalue weighted by molar-refractivity contribution is 5.37. The Labute approximate surface area is 98.3 Å². The fraction of sp³-hybridized carbons (Fsp3) is 0.571. The summed E-state index contributed by atoms with van der Waals surface area (Å²) in [4.78, 5) is 0. The van der Waals surface area contributed by atoms with Crippen molar-refractivity contribution in [3.63, 3.8) is 0 Å². The van der Waals surface area contributed by atoms with Gasteiger partial charge in [-0.2, -0.15) is 0 Å². The van der Waals surface area contributed by atoms with E-state index in [-0.39, 0.29) is 6.61 Å². The largest absolute Gasteiger partial charge is 0.496 e. The van der Waals surface area contributed by atoms with Gasteiger partial charge in [-0.05, 0) is 42.9 Å². The molecule has 0 aromatic heterocycles. The van der Waals surface area contributed by atoms with E-state index in [1.165, 1.54) is 11.1 Å². The fourth-order valence-corrected chi connectivity index (χ4v) is 2.14. The van der Waals surface area contributed by atoms with E-state index in [0.717, 1.165) is 25.0 Å². The Balaban J connectivity index is 2.87. The minimum atomic E-state index is 0.260. The van der Waals surface area contributed by atoms with Gasteiger partial charge in [0.25, 0.3) is 0 Å². The quantitative estimate of drug-likeness (QED) is 0.800. The third-order valence-corrected chi connectivity index (χ3v) is 3.01. The van der Waals surface area contributed by atoms with E-state index >= 15 is 0 Å². The molecule has 90 valence electrons. The zero-order valence-corrected chi connectivity index (χ0v) is 10.5. The van der Waals surface area contributed by atoms with E-state index < -0.39 is 0 Å². The lowest BCUT2D eigenvalue weighted by Gasteiger charge is -2.17. The van der Waals surface area contributed by atoms with E-state index in [4.69, 9.17) is 9.84 Å². The Kier molecular flexibility index (Phi) is 5.33. The first-order valence-electron chi connectivity index (χ1n) is 5.98. The zero-order chi connectivity index (χ0) is 12.0. The fourth-order valence-electron chi connectivity index (χ4n) is 2.14. The molecule has 1 atom stereocenters. The van der Waals surface area contributed by atoms with Crippen molar-refractivity contribution in [3.8, 4) is 5.75 Å². The minimum absolute atomic E-state index is 0.260. The first kappa shape index (κ1) is 13.0. The van der Waals surface area contributed by atoms with Crippen LogP contribution in [0.3, 0.4) is 0 Å². The van der Waals surface area contributed by atoms with Crippen molar-refractivity contribution in [3.05, 3.63) is 29.3 Å². The second-order valence-corrected chi connectivity index (χ2v) is 4.23. The predicted octanol–water partition coefficient (Wildman–Crippen LogP) is 3.27. The van der Waals surface area contributed by atoms with Gasteiger partial charge in [0, 0.05) is 6.61 Å². The maximum absolute atomic E-state index is 9.07. The summed E-state index contributed by atoms with van der Waals surface area (Å²) < 4.78 is 5.25. The van der Waals surface area contributed by atoms with Crippen molar-refractivity contribution in [2.24, 2.45) is 0 Å². The monoisotopic (exact) mass is 222 g/mol. The van der Waals surface area contributed by atoms with Gasteiger partial charge in [-0.3, -0.25) is 0 Å². The van der Waals surface area contributed by atoms with Crippen LogP contribution in [-0.2, 0) is 0 Å². The number of rotatable bonds is 6. The number of ether oxygens (including phenoxy) is 1. The lowest BCUT2D eigenvalue weighted by molar-refractivity contribution is 0.272. The molecule has 0 spiro atoms. The van der Waals surface area contributed by atoms with Crippen molar-refractivity contribution in [2.45, 2.75) is 39.0 Å². The van der Waals surface area contributed by atoms with E-state index in [9.17, 15) is 0 Å². The van der Waals surface area contributed by atoms with Crippen LogP contribution in [0.1, 0.15) is 43.2 Å². The minimum Gasteiger partial charge on any atom is -0.496 e. The summed E-state index contributed by atoms with van der Waals surface area (Å²) in [6.07, 6.45) is 3.13. The molecule has 0 heterocycles. The Morgan fingerprint density at radius 1 is 1.31 bits per heavy atom. The van der Waals surface area contributed by atoms with Gasteiger partial charge in [0.1, 0.15) is 5.75 Å². The number of methoxy groups -OCH3 is 1. The number of aliphatic hydroxyl groups excluding tert-OH is 1. The van der Waals surface area contributed by atoms with Crippen LogP contribution in [0.5, 0.6) is 5.75 Å². The van der Waals surface area contributed by atoms with Crippen LogP contribution in [0, 0.1) is 6.92 Å². The Morgan fingerprint density at radius 2 is 2.06 bits per heavy atom. The normalized spacial score (nSPS) is 12.5. The number of hydrogen-bond acceptors (Lipinski definition) is 2. The van der Waals surface area contributed by atoms with Gasteiger partial charge in [-0.15, -0.1) is 0 Å². The molecule has 0 fully saturated rings. The van der Waals surface area contributed by atoms with Crippen LogP contribution in [0.4, 0.5) is 0 Å². The summed E-state index contributed by atoms with van der Waals surface area (Å²) in [5.41, 5.74) is 2.48. The number of hydrogen-bond donors (Lipinski definition) is 1. The third kappa shape index (κ3) is 3.24. The molecule has 1 rings (SSSR count). The molecule has 1 N–H and O–H groups in total. The Hall–Kier alpha value is -1.02. The predicted molar refractivity (Wildman–Crippen MR) is 67.1 cm³/mol. The average Bonchev–Trinajstić information content (AvgIpc) is 2.28. The van der Waals surface area contributed by atoms with Gasteiger partial charge in [-0.1, -0.05) is 25.5 Å². The van der Waals surface area contributed by atoms with Gasteiger partial charge >= 0.3 is 0 Å². The Bertz CT molecular complexity index is 315. The topological polar surface area (TPSA) is 29.5 Å². The van der Waals surface area contributed by atoms with Crippen molar-refractivity contribution >= 4 is 0 Å². The molecule has 0 radical (unpaired) electrons. The second-order valence-electron chi connectivity index (χ2n) is 4.23. The summed E-state index contributed by atoms with van der Waals surface area (Å²) in [7, 11) is 1.69. The third-order valence-electron chi connectivity index (χ3n) is 3.01. The van der Waals surface area contributed by atoms with Crippen LogP contribution in [-0.4, -0.2) is 18.8 Å². The molecule has 0 bridgehead atoms. The van der Waals surface area contributed by atoms with Crippen LogP contribution >= 0.6 is 0 Å². The van der Waals surface area contributed by atoms with Crippen LogP contribution < -0.4 is 4.74 Å². The average molecular weight is 222 g/mol. The lowest BCUT2D eigenvalue weighted by Crippen LogP contribution is -2.02. The molecule has 0 aliphatic heterocycles. The summed E-state index contributed by atoms with van der Waals surface area (Å²) in [5, 5.41) is 9.07. The van der Waals surface area contributed by atoms with E-state index in [1.54, 1.807) is 7.11 Å². The first-order valence-corrected chi connectivity index (χ1v) is 5.98. The van der Waals surface area contributed by atoms with Gasteiger partial charge in [-0.25, -0.2) is 0 Å². The molecular weight excluding hydrogens is 200 g/mol. The van der Waals surface area contributed by atoms with Crippen LogP contribution in [0.15, 0.2) is 18.2 Å². The lowest BCUT2D eigenvalue weighted by atomic mass is 9.90.